The third-order valence-electron chi connectivity index (χ3n) is 10.7. The van der Waals surface area contributed by atoms with Gasteiger partial charge >= 0.3 is 5.97 Å². The fourth-order valence-electron chi connectivity index (χ4n) is 7.22. The Morgan fingerprint density at radius 2 is 1.84 bits per heavy atom. The summed E-state index contributed by atoms with van der Waals surface area (Å²) in [6, 6.07) is 18.8. The molecule has 1 unspecified atom stereocenters. The third kappa shape index (κ3) is 10.2. The number of carboxylic acid groups (broad SMARTS) is 1. The molecule has 12 nitrogen and oxygen atoms in total. The monoisotopic (exact) mass is 878 g/mol. The van der Waals surface area contributed by atoms with Gasteiger partial charge in [-0.2, -0.15) is 4.37 Å². The fraction of sp³-hybridized carbons (Fsp3) is 0.298. The van der Waals surface area contributed by atoms with Gasteiger partial charge in [0.1, 0.15) is 36.3 Å². The predicted molar refractivity (Wildman–Crippen MR) is 240 cm³/mol. The molecule has 322 valence electrons. The van der Waals surface area contributed by atoms with E-state index < -0.39 is 17.9 Å². The van der Waals surface area contributed by atoms with Crippen molar-refractivity contribution in [1.29, 1.82) is 0 Å². The summed E-state index contributed by atoms with van der Waals surface area (Å²) in [4.78, 5) is 31.6. The average Bonchev–Trinajstić information content (AvgIpc) is 3.69. The zero-order valence-corrected chi connectivity index (χ0v) is 36.8. The highest BCUT2D eigenvalue weighted by atomic mass is 35.5. The lowest BCUT2D eigenvalue weighted by molar-refractivity contribution is -0.145. The van der Waals surface area contributed by atoms with Crippen molar-refractivity contribution in [3.63, 3.8) is 0 Å². The minimum absolute atomic E-state index is 0.0526. The fourth-order valence-corrected chi connectivity index (χ4v) is 8.13. The molecular weight excluding hydrogens is 831 g/mol. The number of carboxylic acids is 1. The lowest BCUT2D eigenvalue weighted by Crippen LogP contribution is -2.45. The molecule has 3 aromatic heterocycles. The number of piperazine rings is 1. The van der Waals surface area contributed by atoms with E-state index in [0.29, 0.717) is 84.0 Å². The maximum Gasteiger partial charge on any atom is 0.345 e. The Morgan fingerprint density at radius 3 is 2.60 bits per heavy atom. The summed E-state index contributed by atoms with van der Waals surface area (Å²) in [5.41, 5.74) is 4.90. The summed E-state index contributed by atoms with van der Waals surface area (Å²) in [6.07, 6.45) is 5.64. The van der Waals surface area contributed by atoms with E-state index in [2.05, 4.69) is 26.2 Å². The molecule has 0 radical (unpaired) electrons. The number of pyridine rings is 1. The first-order valence-electron chi connectivity index (χ1n) is 20.2. The number of likely N-dealkylation sites (N-methyl/N-ethyl adjacent to an activating group) is 1. The minimum Gasteiger partial charge on any atom is -0.501 e. The Bertz CT molecular complexity index is 2610. The number of halogens is 2. The summed E-state index contributed by atoms with van der Waals surface area (Å²) in [5, 5.41) is 11.6. The van der Waals surface area contributed by atoms with Gasteiger partial charge in [-0.25, -0.2) is 19.2 Å². The van der Waals surface area contributed by atoms with Gasteiger partial charge in [0.2, 0.25) is 12.0 Å². The summed E-state index contributed by atoms with van der Waals surface area (Å²) in [7, 11) is 3.72. The number of aliphatic carboxylic acids is 1. The summed E-state index contributed by atoms with van der Waals surface area (Å²) < 4.78 is 44.3. The average molecular weight is 879 g/mol. The van der Waals surface area contributed by atoms with Crippen LogP contribution in [0.4, 0.5) is 4.39 Å². The van der Waals surface area contributed by atoms with Crippen molar-refractivity contribution in [3.8, 4) is 39.8 Å². The largest absolute Gasteiger partial charge is 0.501 e. The highest BCUT2D eigenvalue weighted by Gasteiger charge is 2.28. The smallest absolute Gasteiger partial charge is 0.345 e. The van der Waals surface area contributed by atoms with Gasteiger partial charge < -0.3 is 29.0 Å². The van der Waals surface area contributed by atoms with Crippen molar-refractivity contribution in [2.45, 2.75) is 39.9 Å². The van der Waals surface area contributed by atoms with E-state index in [0.717, 1.165) is 49.8 Å². The minimum atomic E-state index is -1.37. The maximum atomic E-state index is 14.8. The number of para-hydroxylation sites is 1. The van der Waals surface area contributed by atoms with Crippen LogP contribution < -0.4 is 14.2 Å². The summed E-state index contributed by atoms with van der Waals surface area (Å²) in [6.45, 7) is 10.9. The van der Waals surface area contributed by atoms with Gasteiger partial charge in [0.05, 0.1) is 39.2 Å². The molecule has 0 spiro atoms. The lowest BCUT2D eigenvalue weighted by atomic mass is 9.93. The highest BCUT2D eigenvalue weighted by molar-refractivity contribution is 7.13. The van der Waals surface area contributed by atoms with E-state index in [4.69, 9.17) is 40.5 Å². The second-order valence-electron chi connectivity index (χ2n) is 14.9. The number of rotatable bonds is 17. The van der Waals surface area contributed by atoms with Crippen LogP contribution in [0, 0.1) is 12.7 Å². The van der Waals surface area contributed by atoms with Crippen molar-refractivity contribution in [2.75, 3.05) is 53.5 Å². The number of nitrogens with zero attached hydrogens (tertiary/aromatic N) is 6. The second-order valence-corrected chi connectivity index (χ2v) is 16.0. The van der Waals surface area contributed by atoms with E-state index in [9.17, 15) is 14.3 Å². The molecule has 1 N–H and O–H groups in total. The van der Waals surface area contributed by atoms with E-state index >= 15 is 0 Å². The number of benzene rings is 3. The quantitative estimate of drug-likeness (QED) is 0.0692. The Morgan fingerprint density at radius 1 is 1.03 bits per heavy atom. The number of fused-ring (bicyclic) bond motifs is 1. The van der Waals surface area contributed by atoms with E-state index in [-0.39, 0.29) is 18.9 Å². The molecule has 62 heavy (non-hydrogen) atoms. The van der Waals surface area contributed by atoms with Crippen LogP contribution in [0.25, 0.3) is 38.0 Å². The number of carbonyl (C=O) groups is 1. The van der Waals surface area contributed by atoms with Crippen LogP contribution in [-0.4, -0.2) is 99.8 Å². The zero-order valence-electron chi connectivity index (χ0n) is 35.2. The Kier molecular flexibility index (Phi) is 14.4. The zero-order chi connectivity index (χ0) is 43.8. The molecule has 0 amide bonds. The van der Waals surface area contributed by atoms with Gasteiger partial charge in [-0.05, 0) is 86.4 Å². The molecule has 3 aromatic carbocycles. The number of ether oxygens (including phenoxy) is 4. The van der Waals surface area contributed by atoms with Gasteiger partial charge in [0.25, 0.3) is 0 Å². The lowest BCUT2D eigenvalue weighted by Gasteiger charge is -2.32. The molecule has 0 saturated carbocycles. The van der Waals surface area contributed by atoms with Gasteiger partial charge in [0, 0.05) is 62.7 Å². The molecule has 1 saturated heterocycles. The molecule has 7 rings (SSSR count). The number of hydrogen-bond acceptors (Lipinski definition) is 12. The number of allylic oxidation sites excluding steroid dienone is 4. The first-order chi connectivity index (χ1) is 30.0. The van der Waals surface area contributed by atoms with E-state index in [1.54, 1.807) is 49.8 Å². The Balaban J connectivity index is 1.19. The van der Waals surface area contributed by atoms with Crippen LogP contribution in [-0.2, 0) is 22.6 Å². The van der Waals surface area contributed by atoms with Crippen molar-refractivity contribution < 1.29 is 33.2 Å². The van der Waals surface area contributed by atoms with Crippen LogP contribution >= 0.6 is 23.1 Å². The van der Waals surface area contributed by atoms with E-state index in [1.165, 1.54) is 12.1 Å². The van der Waals surface area contributed by atoms with Gasteiger partial charge in [-0.3, -0.25) is 9.88 Å². The van der Waals surface area contributed by atoms with Gasteiger partial charge in [0.15, 0.2) is 5.82 Å². The molecule has 1 aliphatic heterocycles. The highest BCUT2D eigenvalue weighted by Crippen LogP contribution is 2.46. The standard InChI is InChI=1S/C47H48ClFN6O6S/c1-6-10-36(30(3)58-5)45-50-18-17-34(52-45)28-60-37-14-8-7-11-31(37)26-39(47(56)57)61-46-42-40(62-53-46)27-51-44(32-12-9-13-33(49)25-32)41(42)35-15-16-38(43(48)29(35)2)59-24-23-55-21-19-54(4)20-22-55/h6-18,25,27,39H,19-24,26,28H2,1-5H3,(H,56,57)/b10-6-,36-30-. The van der Waals surface area contributed by atoms with E-state index in [1.807, 2.05) is 57.2 Å². The molecular formula is C47H48ClFN6O6S. The van der Waals surface area contributed by atoms with Crippen molar-refractivity contribution in [1.82, 2.24) is 29.1 Å². The van der Waals surface area contributed by atoms with Crippen molar-refractivity contribution >= 4 is 44.8 Å². The Hall–Kier alpha value is -5.93. The Labute approximate surface area is 369 Å². The molecule has 1 atom stereocenters. The summed E-state index contributed by atoms with van der Waals surface area (Å²) in [5.74, 6) is 0.629. The third-order valence-corrected chi connectivity index (χ3v) is 12.0. The predicted octanol–water partition coefficient (Wildman–Crippen LogP) is 9.15. The summed E-state index contributed by atoms with van der Waals surface area (Å²) >= 11 is 8.17. The second kappa shape index (κ2) is 20.3. The topological polar surface area (TPSA) is 132 Å². The number of hydrogen-bond donors (Lipinski definition) is 1. The van der Waals surface area contributed by atoms with Crippen LogP contribution in [0.15, 0.2) is 97.0 Å². The number of methoxy groups -OCH3 is 1. The van der Waals surface area contributed by atoms with Crippen molar-refractivity contribution in [2.24, 2.45) is 0 Å². The van der Waals surface area contributed by atoms with Gasteiger partial charge in [-0.1, -0.05) is 60.2 Å². The van der Waals surface area contributed by atoms with Crippen LogP contribution in [0.2, 0.25) is 5.02 Å². The van der Waals surface area contributed by atoms with Crippen LogP contribution in [0.5, 0.6) is 17.4 Å². The molecule has 1 fully saturated rings. The molecule has 6 aromatic rings. The molecule has 0 aliphatic carbocycles. The molecule has 0 bridgehead atoms. The first-order valence-corrected chi connectivity index (χ1v) is 21.4. The molecule has 1 aliphatic rings. The van der Waals surface area contributed by atoms with Gasteiger partial charge in [-0.15, -0.1) is 0 Å². The van der Waals surface area contributed by atoms with Crippen LogP contribution in [0.1, 0.15) is 36.5 Å². The first kappa shape index (κ1) is 44.1. The maximum absolute atomic E-state index is 14.8. The van der Waals surface area contributed by atoms with Crippen molar-refractivity contribution in [3.05, 3.63) is 131 Å². The molecule has 4 heterocycles. The normalized spacial score (nSPS) is 14.5. The molecule has 15 heteroatoms. The number of aromatic nitrogens is 4. The SMILES string of the molecule is C/C=C\C(=C(/C)OC)c1nccc(COc2ccccc2CC(Oc2nsc3cnc(-c4cccc(F)c4)c(-c4ccc(OCCN5CCN(C)CC5)c(Cl)c4C)c23)C(=O)O)n1. The van der Waals surface area contributed by atoms with Crippen LogP contribution in [0.3, 0.4) is 0 Å².